The zero-order valence-corrected chi connectivity index (χ0v) is 18.4. The molecule has 0 N–H and O–H groups in total. The number of carbonyl (C=O) groups excluding carboxylic acids is 1. The summed E-state index contributed by atoms with van der Waals surface area (Å²) in [5.74, 6) is 2.56. The normalized spacial score (nSPS) is 13.5. The highest BCUT2D eigenvalue weighted by atomic mass is 16.5. The first-order chi connectivity index (χ1) is 15.5. The van der Waals surface area contributed by atoms with Crippen LogP contribution in [-0.4, -0.2) is 27.1 Å². The van der Waals surface area contributed by atoms with E-state index in [1.165, 1.54) is 14.2 Å². The van der Waals surface area contributed by atoms with Gasteiger partial charge >= 0.3 is 0 Å². The van der Waals surface area contributed by atoms with Crippen LogP contribution < -0.4 is 23.7 Å². The molecule has 3 aromatic rings. The molecule has 6 heteroatoms. The third-order valence-corrected chi connectivity index (χ3v) is 5.21. The largest absolute Gasteiger partial charge is 0.493 e. The maximum Gasteiger partial charge on any atom is 0.232 e. The number of allylic oxidation sites excluding steroid dienone is 1. The molecule has 6 nitrogen and oxygen atoms in total. The Bertz CT molecular complexity index is 1180. The predicted octanol–water partition coefficient (Wildman–Crippen LogP) is 5.22. The van der Waals surface area contributed by atoms with Crippen molar-refractivity contribution in [2.45, 2.75) is 13.5 Å². The summed E-state index contributed by atoms with van der Waals surface area (Å²) in [6.07, 6.45) is 1.65. The fourth-order valence-corrected chi connectivity index (χ4v) is 3.68. The molecule has 0 unspecified atom stereocenters. The van der Waals surface area contributed by atoms with Crippen LogP contribution >= 0.6 is 0 Å². The van der Waals surface area contributed by atoms with Gasteiger partial charge in [0, 0.05) is 11.6 Å². The summed E-state index contributed by atoms with van der Waals surface area (Å²) in [6.45, 7) is 2.30. The second kappa shape index (κ2) is 9.06. The van der Waals surface area contributed by atoms with Crippen molar-refractivity contribution in [1.29, 1.82) is 0 Å². The summed E-state index contributed by atoms with van der Waals surface area (Å²) in [6, 6.07) is 17.0. The van der Waals surface area contributed by atoms with E-state index in [0.717, 1.165) is 11.1 Å². The van der Waals surface area contributed by atoms with Crippen LogP contribution in [0.5, 0.6) is 28.7 Å². The summed E-state index contributed by atoms with van der Waals surface area (Å²) >= 11 is 0. The van der Waals surface area contributed by atoms with E-state index in [9.17, 15) is 4.79 Å². The fourth-order valence-electron chi connectivity index (χ4n) is 3.68. The lowest BCUT2D eigenvalue weighted by Crippen LogP contribution is -2.01. The molecular formula is C26H24O6. The summed E-state index contributed by atoms with van der Waals surface area (Å²) < 4.78 is 28.1. The van der Waals surface area contributed by atoms with Crippen LogP contribution in [0.1, 0.15) is 27.0 Å². The number of rotatable bonds is 7. The van der Waals surface area contributed by atoms with Gasteiger partial charge < -0.3 is 23.7 Å². The minimum Gasteiger partial charge on any atom is -0.493 e. The number of ketones is 1. The third-order valence-electron chi connectivity index (χ3n) is 5.21. The van der Waals surface area contributed by atoms with Crippen LogP contribution in [0.25, 0.3) is 6.08 Å². The number of Topliss-reactive ketones (excluding diaryl/α,β-unsaturated/α-hetero) is 1. The fraction of sp³-hybridized carbons (Fsp3) is 0.192. The summed E-state index contributed by atoms with van der Waals surface area (Å²) in [4.78, 5) is 13.1. The molecule has 32 heavy (non-hydrogen) atoms. The summed E-state index contributed by atoms with van der Waals surface area (Å²) in [5, 5.41) is 0. The average Bonchev–Trinajstić information content (AvgIpc) is 3.13. The van der Waals surface area contributed by atoms with Gasteiger partial charge in [-0.1, -0.05) is 30.3 Å². The van der Waals surface area contributed by atoms with Gasteiger partial charge in [-0.05, 0) is 42.3 Å². The van der Waals surface area contributed by atoms with Gasteiger partial charge in [-0.3, -0.25) is 4.79 Å². The maximum atomic E-state index is 13.1. The van der Waals surface area contributed by atoms with Crippen LogP contribution in [0.4, 0.5) is 0 Å². The molecule has 1 heterocycles. The molecule has 1 aliphatic heterocycles. The molecule has 1 aliphatic rings. The first-order valence-corrected chi connectivity index (χ1v) is 10.1. The first-order valence-electron chi connectivity index (χ1n) is 10.1. The lowest BCUT2D eigenvalue weighted by molar-refractivity contribution is 0.101. The molecule has 0 amide bonds. The molecule has 0 bridgehead atoms. The van der Waals surface area contributed by atoms with Crippen molar-refractivity contribution < 1.29 is 28.5 Å². The van der Waals surface area contributed by atoms with Gasteiger partial charge in [-0.15, -0.1) is 0 Å². The molecule has 0 aliphatic carbocycles. The topological polar surface area (TPSA) is 63.2 Å². The van der Waals surface area contributed by atoms with Gasteiger partial charge in [0.15, 0.2) is 17.3 Å². The number of carbonyl (C=O) groups is 1. The van der Waals surface area contributed by atoms with Crippen LogP contribution in [-0.2, 0) is 6.61 Å². The maximum absolute atomic E-state index is 13.1. The van der Waals surface area contributed by atoms with E-state index in [1.807, 2.05) is 43.3 Å². The first kappa shape index (κ1) is 21.3. The minimum absolute atomic E-state index is 0.191. The molecule has 3 aromatic carbocycles. The van der Waals surface area contributed by atoms with Crippen molar-refractivity contribution in [3.63, 3.8) is 0 Å². The molecule has 0 saturated heterocycles. The molecular weight excluding hydrogens is 408 g/mol. The Hall–Kier alpha value is -3.93. The Kier molecular flexibility index (Phi) is 6.03. The molecule has 4 rings (SSSR count). The van der Waals surface area contributed by atoms with Crippen LogP contribution in [0.2, 0.25) is 0 Å². The molecule has 0 spiro atoms. The molecule has 164 valence electrons. The average molecular weight is 432 g/mol. The number of hydrogen-bond acceptors (Lipinski definition) is 6. The SMILES string of the molecule is COc1ccc(/C=C2\Oc3cc(OCc4ccccc4)cc(C)c3C2=O)c(OC)c1OC. The molecule has 0 atom stereocenters. The highest BCUT2D eigenvalue weighted by Gasteiger charge is 2.30. The van der Waals surface area contributed by atoms with Crippen molar-refractivity contribution in [1.82, 2.24) is 0 Å². The van der Waals surface area contributed by atoms with Crippen LogP contribution in [0, 0.1) is 6.92 Å². The van der Waals surface area contributed by atoms with Crippen molar-refractivity contribution in [3.8, 4) is 28.7 Å². The molecule has 0 fully saturated rings. The van der Waals surface area contributed by atoms with Crippen molar-refractivity contribution in [3.05, 3.63) is 82.6 Å². The van der Waals surface area contributed by atoms with Crippen LogP contribution in [0.3, 0.4) is 0 Å². The van der Waals surface area contributed by atoms with Crippen molar-refractivity contribution in [2.75, 3.05) is 21.3 Å². The zero-order chi connectivity index (χ0) is 22.7. The highest BCUT2D eigenvalue weighted by molar-refractivity contribution is 6.15. The Morgan fingerprint density at radius 1 is 0.906 bits per heavy atom. The van der Waals surface area contributed by atoms with Crippen molar-refractivity contribution >= 4 is 11.9 Å². The quantitative estimate of drug-likeness (QED) is 0.477. The Morgan fingerprint density at radius 2 is 1.66 bits per heavy atom. The highest BCUT2D eigenvalue weighted by Crippen LogP contribution is 2.42. The van der Waals surface area contributed by atoms with E-state index in [4.69, 9.17) is 23.7 Å². The lowest BCUT2D eigenvalue weighted by Gasteiger charge is -2.14. The summed E-state index contributed by atoms with van der Waals surface area (Å²) in [5.41, 5.74) is 3.02. The predicted molar refractivity (Wildman–Crippen MR) is 121 cm³/mol. The summed E-state index contributed by atoms with van der Waals surface area (Å²) in [7, 11) is 4.62. The molecule has 0 radical (unpaired) electrons. The smallest absolute Gasteiger partial charge is 0.232 e. The number of ether oxygens (including phenoxy) is 5. The number of hydrogen-bond donors (Lipinski definition) is 0. The van der Waals surface area contributed by atoms with Gasteiger partial charge in [0.2, 0.25) is 11.5 Å². The van der Waals surface area contributed by atoms with Gasteiger partial charge in [0.05, 0.1) is 26.9 Å². The van der Waals surface area contributed by atoms with Gasteiger partial charge in [-0.2, -0.15) is 0 Å². The third kappa shape index (κ3) is 3.99. The minimum atomic E-state index is -0.191. The van der Waals surface area contributed by atoms with E-state index in [1.54, 1.807) is 31.4 Å². The van der Waals surface area contributed by atoms with E-state index in [0.29, 0.717) is 46.5 Å². The van der Waals surface area contributed by atoms with E-state index in [2.05, 4.69) is 0 Å². The van der Waals surface area contributed by atoms with Gasteiger partial charge in [-0.25, -0.2) is 0 Å². The van der Waals surface area contributed by atoms with E-state index >= 15 is 0 Å². The van der Waals surface area contributed by atoms with Gasteiger partial charge in [0.25, 0.3) is 0 Å². The zero-order valence-electron chi connectivity index (χ0n) is 18.4. The monoisotopic (exact) mass is 432 g/mol. The van der Waals surface area contributed by atoms with E-state index < -0.39 is 0 Å². The number of methoxy groups -OCH3 is 3. The number of benzene rings is 3. The van der Waals surface area contributed by atoms with Gasteiger partial charge in [0.1, 0.15) is 18.1 Å². The lowest BCUT2D eigenvalue weighted by atomic mass is 10.0. The number of fused-ring (bicyclic) bond motifs is 1. The molecule has 0 aromatic heterocycles. The Morgan fingerprint density at radius 3 is 2.34 bits per heavy atom. The number of aryl methyl sites for hydroxylation is 1. The van der Waals surface area contributed by atoms with Crippen LogP contribution in [0.15, 0.2) is 60.4 Å². The molecule has 0 saturated carbocycles. The Balaban J connectivity index is 1.63. The standard InChI is InChI=1S/C26H24O6/c1-16-12-19(31-15-17-8-6-5-7-9-17)14-21-23(16)24(27)22(32-21)13-18-10-11-20(28-2)26(30-4)25(18)29-3/h5-14H,15H2,1-4H3/b22-13-. The second-order valence-electron chi connectivity index (χ2n) is 7.25. The second-order valence-corrected chi connectivity index (χ2v) is 7.25. The van der Waals surface area contributed by atoms with Crippen molar-refractivity contribution in [2.24, 2.45) is 0 Å². The van der Waals surface area contributed by atoms with E-state index in [-0.39, 0.29) is 11.5 Å². The Labute approximate surface area is 186 Å².